The molecule has 1 aromatic rings. The van der Waals surface area contributed by atoms with Crippen LogP contribution < -0.4 is 16.2 Å². The van der Waals surface area contributed by atoms with Crippen molar-refractivity contribution in [2.24, 2.45) is 11.5 Å². The van der Waals surface area contributed by atoms with E-state index >= 15 is 0 Å². The molecule has 2 atom stereocenters. The molecule has 1 unspecified atom stereocenters. The largest absolute Gasteiger partial charge is 0.490 e. The third-order valence-electron chi connectivity index (χ3n) is 4.88. The number of carbonyl (C=O) groups excluding carboxylic acids is 1. The van der Waals surface area contributed by atoms with Gasteiger partial charge in [-0.05, 0) is 56.6 Å². The van der Waals surface area contributed by atoms with Crippen molar-refractivity contribution in [3.05, 3.63) is 29.8 Å². The Kier molecular flexibility index (Phi) is 8.26. The van der Waals surface area contributed by atoms with E-state index in [0.717, 1.165) is 5.56 Å². The van der Waals surface area contributed by atoms with E-state index in [1.54, 1.807) is 0 Å². The van der Waals surface area contributed by atoms with Crippen molar-refractivity contribution in [2.45, 2.75) is 77.4 Å². The lowest BCUT2D eigenvalue weighted by molar-refractivity contribution is -0.165. The van der Waals surface area contributed by atoms with Crippen molar-refractivity contribution in [1.29, 1.82) is 0 Å². The number of hydrogen-bond acceptors (Lipinski definition) is 6. The molecule has 6 nitrogen and oxygen atoms in total. The Hall–Kier alpha value is -1.41. The summed E-state index contributed by atoms with van der Waals surface area (Å²) in [7, 11) is -2.18. The molecule has 0 aromatic heterocycles. The molecule has 4 N–H and O–H groups in total. The Labute approximate surface area is 171 Å². The van der Waals surface area contributed by atoms with Gasteiger partial charge in [0.05, 0.1) is 0 Å². The molecule has 0 spiro atoms. The van der Waals surface area contributed by atoms with E-state index in [0.29, 0.717) is 12.3 Å². The lowest BCUT2D eigenvalue weighted by Gasteiger charge is -2.39. The third kappa shape index (κ3) is 7.54. The molecule has 7 heteroatoms. The van der Waals surface area contributed by atoms with Gasteiger partial charge in [0.2, 0.25) is 0 Å². The lowest BCUT2D eigenvalue weighted by Crippen LogP contribution is -2.49. The van der Waals surface area contributed by atoms with Gasteiger partial charge in [0.1, 0.15) is 18.0 Å². The van der Waals surface area contributed by atoms with E-state index < -0.39 is 26.0 Å². The first-order chi connectivity index (χ1) is 12.7. The first-order valence-electron chi connectivity index (χ1n) is 9.75. The minimum Gasteiger partial charge on any atom is -0.490 e. The summed E-state index contributed by atoms with van der Waals surface area (Å²) >= 11 is 0. The second-order valence-corrected chi connectivity index (χ2v) is 14.4. The smallest absolute Gasteiger partial charge is 0.338 e. The quantitative estimate of drug-likeness (QED) is 0.500. The molecule has 0 radical (unpaired) electrons. The van der Waals surface area contributed by atoms with Crippen LogP contribution in [0.2, 0.25) is 18.1 Å². The van der Waals surface area contributed by atoms with Crippen molar-refractivity contribution in [1.82, 2.24) is 0 Å². The average molecular weight is 411 g/mol. The fraction of sp³-hybridized carbons (Fsp3) is 0.667. The molecule has 0 saturated carbocycles. The predicted octanol–water partition coefficient (Wildman–Crippen LogP) is 3.76. The number of esters is 1. The van der Waals surface area contributed by atoms with Crippen LogP contribution in [0.1, 0.15) is 53.1 Å². The van der Waals surface area contributed by atoms with Crippen LogP contribution in [0.4, 0.5) is 0 Å². The summed E-state index contributed by atoms with van der Waals surface area (Å²) in [6.45, 7) is 16.6. The predicted molar refractivity (Wildman–Crippen MR) is 116 cm³/mol. The number of ether oxygens (including phenoxy) is 2. The van der Waals surface area contributed by atoms with E-state index in [1.165, 1.54) is 0 Å². The molecule has 0 amide bonds. The Balaban J connectivity index is 2.92. The highest BCUT2D eigenvalue weighted by molar-refractivity contribution is 6.74. The van der Waals surface area contributed by atoms with Crippen LogP contribution in [0.15, 0.2) is 24.3 Å². The van der Waals surface area contributed by atoms with Gasteiger partial charge in [-0.2, -0.15) is 0 Å². The van der Waals surface area contributed by atoms with Crippen LogP contribution in [-0.4, -0.2) is 39.1 Å². The standard InChI is InChI=1S/C21H38N2O4Si/c1-20(2,3)26-19(24)18(27-28(7,8)21(4,5)6)14-25-16-11-9-15(10-12-16)17(23)13-22/h9-12,17-18H,13-14,22-23H2,1-8H3/t17?,18-/m1/s1. The zero-order valence-corrected chi connectivity index (χ0v) is 19.7. The van der Waals surface area contributed by atoms with Gasteiger partial charge in [-0.3, -0.25) is 0 Å². The maximum Gasteiger partial charge on any atom is 0.338 e. The van der Waals surface area contributed by atoms with Crippen molar-refractivity contribution < 1.29 is 18.7 Å². The van der Waals surface area contributed by atoms with Crippen molar-refractivity contribution in [3.63, 3.8) is 0 Å². The van der Waals surface area contributed by atoms with E-state index in [9.17, 15) is 4.79 Å². The van der Waals surface area contributed by atoms with Crippen molar-refractivity contribution in [3.8, 4) is 5.75 Å². The van der Waals surface area contributed by atoms with Crippen LogP contribution >= 0.6 is 0 Å². The fourth-order valence-electron chi connectivity index (χ4n) is 2.17. The highest BCUT2D eigenvalue weighted by Crippen LogP contribution is 2.37. The van der Waals surface area contributed by atoms with E-state index in [4.69, 9.17) is 25.4 Å². The Morgan fingerprint density at radius 3 is 2.04 bits per heavy atom. The van der Waals surface area contributed by atoms with Crippen LogP contribution in [0.5, 0.6) is 5.75 Å². The molecule has 160 valence electrons. The topological polar surface area (TPSA) is 96.8 Å². The van der Waals surface area contributed by atoms with Gasteiger partial charge in [0.15, 0.2) is 14.4 Å². The van der Waals surface area contributed by atoms with Crippen LogP contribution in [0.3, 0.4) is 0 Å². The summed E-state index contributed by atoms with van der Waals surface area (Å²) in [5.74, 6) is 0.236. The molecule has 0 heterocycles. The molecule has 0 aliphatic rings. The summed E-state index contributed by atoms with van der Waals surface area (Å²) in [5.41, 5.74) is 11.9. The fourth-order valence-corrected chi connectivity index (χ4v) is 3.40. The van der Waals surface area contributed by atoms with Crippen LogP contribution in [0.25, 0.3) is 0 Å². The van der Waals surface area contributed by atoms with Crippen molar-refractivity contribution >= 4 is 14.3 Å². The molecule has 1 aromatic carbocycles. The maximum atomic E-state index is 12.7. The van der Waals surface area contributed by atoms with Crippen LogP contribution in [0, 0.1) is 0 Å². The highest BCUT2D eigenvalue weighted by Gasteiger charge is 2.42. The minimum atomic E-state index is -2.18. The lowest BCUT2D eigenvalue weighted by atomic mass is 10.1. The summed E-state index contributed by atoms with van der Waals surface area (Å²) in [4.78, 5) is 12.7. The number of hydrogen-bond donors (Lipinski definition) is 2. The van der Waals surface area contributed by atoms with E-state index in [2.05, 4.69) is 33.9 Å². The molecule has 0 fully saturated rings. The van der Waals surface area contributed by atoms with Gasteiger partial charge in [-0.15, -0.1) is 0 Å². The molecule has 28 heavy (non-hydrogen) atoms. The number of benzene rings is 1. The van der Waals surface area contributed by atoms with Gasteiger partial charge in [0, 0.05) is 12.6 Å². The van der Waals surface area contributed by atoms with Gasteiger partial charge in [-0.1, -0.05) is 32.9 Å². The Morgan fingerprint density at radius 2 is 1.61 bits per heavy atom. The van der Waals surface area contributed by atoms with Crippen LogP contribution in [-0.2, 0) is 14.0 Å². The first kappa shape index (κ1) is 24.6. The van der Waals surface area contributed by atoms with E-state index in [1.807, 2.05) is 45.0 Å². The van der Waals surface area contributed by atoms with Gasteiger partial charge in [-0.25, -0.2) is 4.79 Å². The highest BCUT2D eigenvalue weighted by atomic mass is 28.4. The zero-order chi connectivity index (χ0) is 21.8. The molecule has 0 aliphatic heterocycles. The molecular formula is C21H38N2O4Si. The zero-order valence-electron chi connectivity index (χ0n) is 18.7. The first-order valence-corrected chi connectivity index (χ1v) is 12.7. The summed E-state index contributed by atoms with van der Waals surface area (Å²) < 4.78 is 17.7. The normalized spacial score (nSPS) is 15.1. The average Bonchev–Trinajstić information content (AvgIpc) is 2.55. The summed E-state index contributed by atoms with van der Waals surface area (Å²) in [6.07, 6.45) is -0.786. The SMILES string of the molecule is CC(C)(C)OC(=O)[C@@H](COc1ccc(C(N)CN)cc1)O[Si](C)(C)C(C)(C)C. The molecule has 0 bridgehead atoms. The van der Waals surface area contributed by atoms with Gasteiger partial charge >= 0.3 is 5.97 Å². The monoisotopic (exact) mass is 410 g/mol. The minimum absolute atomic E-state index is 0.0345. The second kappa shape index (κ2) is 9.39. The number of nitrogens with two attached hydrogens (primary N) is 2. The second-order valence-electron chi connectivity index (χ2n) is 9.62. The van der Waals surface area contributed by atoms with Gasteiger partial charge in [0.25, 0.3) is 0 Å². The summed E-state index contributed by atoms with van der Waals surface area (Å²) in [5, 5.41) is -0.0345. The van der Waals surface area contributed by atoms with E-state index in [-0.39, 0.29) is 17.7 Å². The van der Waals surface area contributed by atoms with Crippen molar-refractivity contribution in [2.75, 3.05) is 13.2 Å². The molecule has 0 aliphatic carbocycles. The third-order valence-corrected chi connectivity index (χ3v) is 9.36. The number of rotatable bonds is 8. The molecule has 0 saturated heterocycles. The van der Waals surface area contributed by atoms with Gasteiger partial charge < -0.3 is 25.4 Å². The Morgan fingerprint density at radius 1 is 1.07 bits per heavy atom. The maximum absolute atomic E-state index is 12.7. The summed E-state index contributed by atoms with van der Waals surface area (Å²) in [6, 6.07) is 7.20. The molecule has 1 rings (SSSR count). The molecular weight excluding hydrogens is 372 g/mol. The number of carbonyl (C=O) groups is 1. The Bertz CT molecular complexity index is 633.